The highest BCUT2D eigenvalue weighted by atomic mass is 16.1. The molecule has 0 radical (unpaired) electrons. The molecule has 1 aromatic rings. The van der Waals surface area contributed by atoms with Crippen LogP contribution in [0.15, 0.2) is 18.3 Å². The van der Waals surface area contributed by atoms with E-state index < -0.39 is 0 Å². The summed E-state index contributed by atoms with van der Waals surface area (Å²) in [6.45, 7) is 2.05. The van der Waals surface area contributed by atoms with Crippen LogP contribution >= 0.6 is 0 Å². The summed E-state index contributed by atoms with van der Waals surface area (Å²) >= 11 is 0. The topological polar surface area (TPSA) is 30.0 Å². The van der Waals surface area contributed by atoms with Crippen LogP contribution in [-0.4, -0.2) is 11.3 Å². The Hall–Kier alpha value is -1.18. The van der Waals surface area contributed by atoms with E-state index in [1.807, 2.05) is 13.0 Å². The lowest BCUT2D eigenvalue weighted by atomic mass is 10.2. The van der Waals surface area contributed by atoms with Crippen LogP contribution in [0.25, 0.3) is 0 Å². The Bertz CT molecular complexity index is 232. The zero-order chi connectivity index (χ0) is 7.40. The molecule has 0 aromatic carbocycles. The van der Waals surface area contributed by atoms with Crippen molar-refractivity contribution in [3.05, 3.63) is 29.6 Å². The molecule has 0 aliphatic carbocycles. The maximum Gasteiger partial charge on any atom is 0.168 e. The molecule has 0 amide bonds. The molecule has 0 aliphatic rings. The molecular weight excluding hydrogens is 126 g/mol. The van der Waals surface area contributed by atoms with Gasteiger partial charge in [0, 0.05) is 6.20 Å². The fourth-order valence-corrected chi connectivity index (χ4v) is 0.779. The first-order chi connectivity index (χ1) is 4.86. The zero-order valence-electron chi connectivity index (χ0n) is 5.87. The molecule has 1 rings (SSSR count). The second-order valence-corrected chi connectivity index (χ2v) is 2.06. The Morgan fingerprint density at radius 2 is 2.50 bits per heavy atom. The molecule has 0 N–H and O–H groups in total. The van der Waals surface area contributed by atoms with Gasteiger partial charge in [0.25, 0.3) is 0 Å². The van der Waals surface area contributed by atoms with Gasteiger partial charge in [0.15, 0.2) is 6.29 Å². The number of aromatic nitrogens is 1. The summed E-state index contributed by atoms with van der Waals surface area (Å²) in [4.78, 5) is 14.0. The predicted molar refractivity (Wildman–Crippen MR) is 39.0 cm³/mol. The Morgan fingerprint density at radius 3 is 3.10 bits per heavy atom. The summed E-state index contributed by atoms with van der Waals surface area (Å²) in [5.74, 6) is 0. The number of aldehydes is 1. The van der Waals surface area contributed by atoms with Gasteiger partial charge in [0.2, 0.25) is 0 Å². The normalized spacial score (nSPS) is 9.30. The van der Waals surface area contributed by atoms with Crippen molar-refractivity contribution in [3.8, 4) is 0 Å². The first-order valence-corrected chi connectivity index (χ1v) is 3.27. The third-order valence-corrected chi connectivity index (χ3v) is 1.37. The van der Waals surface area contributed by atoms with Crippen molar-refractivity contribution in [2.75, 3.05) is 0 Å². The van der Waals surface area contributed by atoms with E-state index in [2.05, 4.69) is 4.98 Å². The maximum atomic E-state index is 10.2. The van der Waals surface area contributed by atoms with E-state index in [9.17, 15) is 4.79 Å². The van der Waals surface area contributed by atoms with Gasteiger partial charge in [-0.05, 0) is 24.1 Å². The summed E-state index contributed by atoms with van der Waals surface area (Å²) in [5, 5.41) is 0. The van der Waals surface area contributed by atoms with Crippen LogP contribution in [0.1, 0.15) is 23.0 Å². The standard InChI is InChI=1S/C8H9NO/c1-2-7-3-4-9-8(5-7)6-10/h3-6H,2H2,1H3. The third-order valence-electron chi connectivity index (χ3n) is 1.37. The van der Waals surface area contributed by atoms with Gasteiger partial charge in [-0.2, -0.15) is 0 Å². The first kappa shape index (κ1) is 6.93. The van der Waals surface area contributed by atoms with Crippen molar-refractivity contribution < 1.29 is 4.79 Å². The smallest absolute Gasteiger partial charge is 0.168 e. The minimum Gasteiger partial charge on any atom is -0.296 e. The lowest BCUT2D eigenvalue weighted by molar-refractivity contribution is 0.111. The number of carbonyl (C=O) groups excluding carboxylic acids is 1. The third kappa shape index (κ3) is 1.41. The van der Waals surface area contributed by atoms with Crippen molar-refractivity contribution in [1.82, 2.24) is 4.98 Å². The van der Waals surface area contributed by atoms with Crippen LogP contribution in [0.3, 0.4) is 0 Å². The van der Waals surface area contributed by atoms with Crippen molar-refractivity contribution in [2.45, 2.75) is 13.3 Å². The second-order valence-electron chi connectivity index (χ2n) is 2.06. The van der Waals surface area contributed by atoms with Crippen LogP contribution in [0, 0.1) is 0 Å². The number of carbonyl (C=O) groups is 1. The van der Waals surface area contributed by atoms with Crippen molar-refractivity contribution in [3.63, 3.8) is 0 Å². The Balaban J connectivity index is 2.98. The lowest BCUT2D eigenvalue weighted by Gasteiger charge is -1.93. The Kier molecular flexibility index (Phi) is 2.15. The highest BCUT2D eigenvalue weighted by Crippen LogP contribution is 1.99. The van der Waals surface area contributed by atoms with E-state index in [0.717, 1.165) is 18.3 Å². The molecule has 0 unspecified atom stereocenters. The summed E-state index contributed by atoms with van der Waals surface area (Å²) in [7, 11) is 0. The zero-order valence-corrected chi connectivity index (χ0v) is 5.87. The molecule has 0 spiro atoms. The molecule has 2 nitrogen and oxygen atoms in total. The Morgan fingerprint density at radius 1 is 1.70 bits per heavy atom. The average molecular weight is 135 g/mol. The molecule has 10 heavy (non-hydrogen) atoms. The monoisotopic (exact) mass is 135 g/mol. The number of rotatable bonds is 2. The van der Waals surface area contributed by atoms with Gasteiger partial charge in [0.1, 0.15) is 5.69 Å². The Labute approximate surface area is 59.9 Å². The van der Waals surface area contributed by atoms with Crippen molar-refractivity contribution in [2.24, 2.45) is 0 Å². The SMILES string of the molecule is CCc1ccnc(C=O)c1. The van der Waals surface area contributed by atoms with Crippen LogP contribution in [0.4, 0.5) is 0 Å². The molecule has 1 aromatic heterocycles. The maximum absolute atomic E-state index is 10.2. The van der Waals surface area contributed by atoms with Crippen LogP contribution in [-0.2, 0) is 6.42 Å². The molecule has 52 valence electrons. The number of aryl methyl sites for hydroxylation is 1. The van der Waals surface area contributed by atoms with Gasteiger partial charge in [-0.1, -0.05) is 6.92 Å². The minimum absolute atomic E-state index is 0.513. The van der Waals surface area contributed by atoms with E-state index in [1.165, 1.54) is 0 Å². The lowest BCUT2D eigenvalue weighted by Crippen LogP contribution is -1.88. The molecule has 0 saturated carbocycles. The molecule has 0 saturated heterocycles. The number of hydrogen-bond donors (Lipinski definition) is 0. The molecule has 1 heterocycles. The van der Waals surface area contributed by atoms with E-state index in [0.29, 0.717) is 5.69 Å². The van der Waals surface area contributed by atoms with E-state index in [-0.39, 0.29) is 0 Å². The number of pyridine rings is 1. The highest BCUT2D eigenvalue weighted by Gasteiger charge is 1.91. The summed E-state index contributed by atoms with van der Waals surface area (Å²) < 4.78 is 0. The average Bonchev–Trinajstić information content (AvgIpc) is 2.05. The fourth-order valence-electron chi connectivity index (χ4n) is 0.779. The van der Waals surface area contributed by atoms with Crippen LogP contribution in [0.2, 0.25) is 0 Å². The summed E-state index contributed by atoms with van der Waals surface area (Å²) in [6, 6.07) is 3.71. The van der Waals surface area contributed by atoms with Crippen molar-refractivity contribution >= 4 is 6.29 Å². The van der Waals surface area contributed by atoms with Crippen molar-refractivity contribution in [1.29, 1.82) is 0 Å². The second kappa shape index (κ2) is 3.11. The molecular formula is C8H9NO. The quantitative estimate of drug-likeness (QED) is 0.574. The van der Waals surface area contributed by atoms with E-state index >= 15 is 0 Å². The molecule has 0 aliphatic heterocycles. The first-order valence-electron chi connectivity index (χ1n) is 3.27. The number of hydrogen-bond acceptors (Lipinski definition) is 2. The summed E-state index contributed by atoms with van der Waals surface area (Å²) in [6.07, 6.45) is 3.37. The molecule has 2 heteroatoms. The molecule has 0 fully saturated rings. The van der Waals surface area contributed by atoms with Crippen LogP contribution < -0.4 is 0 Å². The van der Waals surface area contributed by atoms with Gasteiger partial charge in [-0.15, -0.1) is 0 Å². The largest absolute Gasteiger partial charge is 0.296 e. The van der Waals surface area contributed by atoms with Gasteiger partial charge >= 0.3 is 0 Å². The predicted octanol–water partition coefficient (Wildman–Crippen LogP) is 1.46. The van der Waals surface area contributed by atoms with Gasteiger partial charge in [0.05, 0.1) is 0 Å². The molecule has 0 atom stereocenters. The minimum atomic E-state index is 0.513. The molecule has 0 bridgehead atoms. The van der Waals surface area contributed by atoms with E-state index in [1.54, 1.807) is 12.3 Å². The van der Waals surface area contributed by atoms with Gasteiger partial charge in [-0.25, -0.2) is 0 Å². The fraction of sp³-hybridized carbons (Fsp3) is 0.250. The highest BCUT2D eigenvalue weighted by molar-refractivity contribution is 5.71. The van der Waals surface area contributed by atoms with Crippen LogP contribution in [0.5, 0.6) is 0 Å². The van der Waals surface area contributed by atoms with Gasteiger partial charge in [-0.3, -0.25) is 9.78 Å². The van der Waals surface area contributed by atoms with E-state index in [4.69, 9.17) is 0 Å². The van der Waals surface area contributed by atoms with Gasteiger partial charge < -0.3 is 0 Å². The number of nitrogens with zero attached hydrogens (tertiary/aromatic N) is 1. The summed E-state index contributed by atoms with van der Waals surface area (Å²) in [5.41, 5.74) is 1.66.